The zero-order chi connectivity index (χ0) is 26.3. The number of aliphatic imine (C=N–C) groups is 1. The van der Waals surface area contributed by atoms with E-state index in [0.717, 1.165) is 27.3 Å². The summed E-state index contributed by atoms with van der Waals surface area (Å²) in [5.74, 6) is 1.14. The van der Waals surface area contributed by atoms with E-state index in [0.29, 0.717) is 24.2 Å². The van der Waals surface area contributed by atoms with Gasteiger partial charge in [0.05, 0.1) is 12.1 Å². The minimum Gasteiger partial charge on any atom is -0.491 e. The molecule has 2 aliphatic heterocycles. The number of carbonyl (C=O) groups is 1. The topological polar surface area (TPSA) is 83.0 Å². The van der Waals surface area contributed by atoms with Gasteiger partial charge in [-0.3, -0.25) is 10.2 Å². The molecule has 0 saturated carbocycles. The second kappa shape index (κ2) is 10.0. The van der Waals surface area contributed by atoms with Gasteiger partial charge in [-0.1, -0.05) is 58.0 Å². The Morgan fingerprint density at radius 1 is 1.11 bits per heavy atom. The van der Waals surface area contributed by atoms with Crippen LogP contribution in [0.15, 0.2) is 64.3 Å². The number of carbonyl (C=O) groups excluding carboxylic acids is 1. The van der Waals surface area contributed by atoms with Crippen molar-refractivity contribution in [2.75, 3.05) is 6.61 Å². The first-order valence-electron chi connectivity index (χ1n) is 12.5. The van der Waals surface area contributed by atoms with E-state index in [-0.39, 0.29) is 17.3 Å². The molecule has 1 aromatic heterocycles. The lowest BCUT2D eigenvalue weighted by molar-refractivity contribution is -0.114. The van der Waals surface area contributed by atoms with Gasteiger partial charge >= 0.3 is 0 Å². The molecule has 5 rings (SSSR count). The zero-order valence-electron chi connectivity index (χ0n) is 21.8. The second-order valence-electron chi connectivity index (χ2n) is 9.95. The van der Waals surface area contributed by atoms with Crippen LogP contribution in [0.25, 0.3) is 17.0 Å². The van der Waals surface area contributed by atoms with Gasteiger partial charge in [0.15, 0.2) is 5.84 Å². The molecule has 0 saturated heterocycles. The molecule has 0 bridgehead atoms. The lowest BCUT2D eigenvalue weighted by Crippen LogP contribution is -2.35. The van der Waals surface area contributed by atoms with Gasteiger partial charge in [0, 0.05) is 28.6 Å². The number of hydrogen-bond donors (Lipinski definition) is 1. The highest BCUT2D eigenvalue weighted by atomic mass is 32.2. The van der Waals surface area contributed by atoms with Crippen LogP contribution in [0.5, 0.6) is 5.75 Å². The van der Waals surface area contributed by atoms with E-state index in [1.165, 1.54) is 27.9 Å². The van der Waals surface area contributed by atoms with Gasteiger partial charge in [-0.15, -0.1) is 0 Å². The number of nitrogens with zero attached hydrogens (tertiary/aromatic N) is 4. The van der Waals surface area contributed by atoms with Crippen molar-refractivity contribution >= 4 is 50.7 Å². The SMILES string of the molecule is Cc1ccc(C(C)C)c(OCCn2cc(/C=C3/C(=N)N4N=C(C(C)C)SC4=NC3=O)c3ccccc32)c1. The molecule has 0 spiro atoms. The van der Waals surface area contributed by atoms with Crippen LogP contribution in [-0.4, -0.2) is 38.1 Å². The van der Waals surface area contributed by atoms with Crippen LogP contribution in [0.3, 0.4) is 0 Å². The fourth-order valence-corrected chi connectivity index (χ4v) is 5.36. The predicted molar refractivity (Wildman–Crippen MR) is 153 cm³/mol. The van der Waals surface area contributed by atoms with E-state index >= 15 is 0 Å². The van der Waals surface area contributed by atoms with Crippen molar-refractivity contribution in [3.63, 3.8) is 0 Å². The summed E-state index contributed by atoms with van der Waals surface area (Å²) >= 11 is 1.35. The van der Waals surface area contributed by atoms with E-state index in [2.05, 4.69) is 59.7 Å². The Balaban J connectivity index is 1.42. The Hall–Kier alpha value is -3.65. The summed E-state index contributed by atoms with van der Waals surface area (Å²) in [4.78, 5) is 17.1. The summed E-state index contributed by atoms with van der Waals surface area (Å²) in [6.07, 6.45) is 3.78. The number of aromatic nitrogens is 1. The summed E-state index contributed by atoms with van der Waals surface area (Å²) in [5, 5.41) is 17.0. The quantitative estimate of drug-likeness (QED) is 0.369. The van der Waals surface area contributed by atoms with Gasteiger partial charge < -0.3 is 9.30 Å². The molecule has 0 aliphatic carbocycles. The minimum atomic E-state index is -0.412. The number of hydrazone groups is 1. The fourth-order valence-electron chi connectivity index (χ4n) is 4.47. The maximum atomic E-state index is 12.9. The smallest absolute Gasteiger partial charge is 0.283 e. The Morgan fingerprint density at radius 2 is 1.89 bits per heavy atom. The first-order chi connectivity index (χ1) is 17.7. The molecule has 0 fully saturated rings. The molecule has 0 unspecified atom stereocenters. The average molecular weight is 514 g/mol. The minimum absolute atomic E-state index is 0.0546. The number of benzene rings is 2. The van der Waals surface area contributed by atoms with Gasteiger partial charge in [-0.25, -0.2) is 0 Å². The average Bonchev–Trinajstić information content (AvgIpc) is 3.44. The summed E-state index contributed by atoms with van der Waals surface area (Å²) in [5.41, 5.74) is 4.51. The molecule has 37 heavy (non-hydrogen) atoms. The highest BCUT2D eigenvalue weighted by molar-refractivity contribution is 8.27. The Kier molecular flexibility index (Phi) is 6.77. The van der Waals surface area contributed by atoms with Crippen LogP contribution in [0.1, 0.15) is 50.3 Å². The van der Waals surface area contributed by atoms with Crippen molar-refractivity contribution < 1.29 is 9.53 Å². The van der Waals surface area contributed by atoms with Gasteiger partial charge in [0.25, 0.3) is 5.91 Å². The molecule has 3 heterocycles. The van der Waals surface area contributed by atoms with Crippen molar-refractivity contribution in [1.29, 1.82) is 5.41 Å². The number of hydrogen-bond acceptors (Lipinski definition) is 5. The fraction of sp³-hybridized carbons (Fsp3) is 0.310. The third-order valence-electron chi connectivity index (χ3n) is 6.46. The van der Waals surface area contributed by atoms with E-state index < -0.39 is 5.91 Å². The largest absolute Gasteiger partial charge is 0.491 e. The molecular weight excluding hydrogens is 482 g/mol. The number of thioether (sulfide) groups is 1. The number of ether oxygens (including phenoxy) is 1. The lowest BCUT2D eigenvalue weighted by atomic mass is 10.0. The van der Waals surface area contributed by atoms with Crippen LogP contribution >= 0.6 is 11.8 Å². The van der Waals surface area contributed by atoms with Crippen molar-refractivity contribution in [3.8, 4) is 5.75 Å². The Morgan fingerprint density at radius 3 is 2.65 bits per heavy atom. The van der Waals surface area contributed by atoms with Crippen molar-refractivity contribution in [2.45, 2.75) is 47.1 Å². The first kappa shape index (κ1) is 25.0. The molecule has 0 radical (unpaired) electrons. The molecule has 0 atom stereocenters. The lowest BCUT2D eigenvalue weighted by Gasteiger charge is -2.20. The maximum absolute atomic E-state index is 12.9. The third kappa shape index (κ3) is 4.85. The van der Waals surface area contributed by atoms with Gasteiger partial charge in [0.2, 0.25) is 5.17 Å². The summed E-state index contributed by atoms with van der Waals surface area (Å²) in [7, 11) is 0. The molecule has 2 aromatic carbocycles. The molecule has 190 valence electrons. The monoisotopic (exact) mass is 513 g/mol. The van der Waals surface area contributed by atoms with Gasteiger partial charge in [-0.05, 0) is 53.9 Å². The van der Waals surface area contributed by atoms with Crippen LogP contribution in [-0.2, 0) is 11.3 Å². The van der Waals surface area contributed by atoms with Gasteiger partial charge in [0.1, 0.15) is 17.4 Å². The highest BCUT2D eigenvalue weighted by Gasteiger charge is 2.36. The van der Waals surface area contributed by atoms with Crippen LogP contribution in [0.2, 0.25) is 0 Å². The van der Waals surface area contributed by atoms with Crippen LogP contribution < -0.4 is 4.74 Å². The number of rotatable bonds is 7. The van der Waals surface area contributed by atoms with Gasteiger partial charge in [-0.2, -0.15) is 15.1 Å². The van der Waals surface area contributed by atoms with Crippen LogP contribution in [0.4, 0.5) is 0 Å². The number of aryl methyl sites for hydroxylation is 1. The van der Waals surface area contributed by atoms with Crippen LogP contribution in [0, 0.1) is 18.3 Å². The molecule has 1 N–H and O–H groups in total. The molecule has 8 heteroatoms. The Bertz CT molecular complexity index is 1500. The molecule has 1 amide bonds. The number of nitrogens with one attached hydrogen (secondary N) is 1. The standard InChI is InChI=1S/C29H31N5O2S/c1-17(2)21-11-10-19(5)14-25(21)36-13-12-33-16-20(22-8-6-7-9-24(22)33)15-23-26(30)34-29(31-27(23)35)37-28(32-34)18(3)4/h6-11,14-18,30H,12-13H2,1-5H3/b23-15-,30-26?. The number of amides is 1. The normalized spacial score (nSPS) is 16.7. The number of para-hydroxylation sites is 1. The second-order valence-corrected chi connectivity index (χ2v) is 10.9. The molecular formula is C29H31N5O2S. The van der Waals surface area contributed by atoms with E-state index in [4.69, 9.17) is 10.1 Å². The van der Waals surface area contributed by atoms with Crippen molar-refractivity contribution in [1.82, 2.24) is 9.58 Å². The Labute approximate surface area is 221 Å². The predicted octanol–water partition coefficient (Wildman–Crippen LogP) is 6.43. The van der Waals surface area contributed by atoms with E-state index in [1.54, 1.807) is 6.08 Å². The van der Waals surface area contributed by atoms with Crippen molar-refractivity contribution in [3.05, 3.63) is 70.9 Å². The molecule has 3 aromatic rings. The highest BCUT2D eigenvalue weighted by Crippen LogP contribution is 2.32. The summed E-state index contributed by atoms with van der Waals surface area (Å²) in [6, 6.07) is 14.4. The third-order valence-corrected chi connectivity index (χ3v) is 7.67. The van der Waals surface area contributed by atoms with E-state index in [9.17, 15) is 4.79 Å². The first-order valence-corrected chi connectivity index (χ1v) is 13.4. The number of amidine groups is 2. The van der Waals surface area contributed by atoms with E-state index in [1.807, 2.05) is 38.2 Å². The summed E-state index contributed by atoms with van der Waals surface area (Å²) < 4.78 is 8.37. The summed E-state index contributed by atoms with van der Waals surface area (Å²) in [6.45, 7) is 11.6. The number of fused-ring (bicyclic) bond motifs is 2. The zero-order valence-corrected chi connectivity index (χ0v) is 22.6. The molecule has 2 aliphatic rings. The molecule has 7 nitrogen and oxygen atoms in total. The maximum Gasteiger partial charge on any atom is 0.283 e. The van der Waals surface area contributed by atoms with Crippen molar-refractivity contribution in [2.24, 2.45) is 16.0 Å².